The Balaban J connectivity index is 1.93. The molecule has 6 nitrogen and oxygen atoms in total. The molecule has 0 radical (unpaired) electrons. The molecule has 4 unspecified atom stereocenters. The number of Topliss-reactive ketones (excluding diaryl/α,β-unsaturated/α-hetero) is 1. The predicted molar refractivity (Wildman–Crippen MR) is 115 cm³/mol. The smallest absolute Gasteiger partial charge is 0.248 e. The number of fused-ring (bicyclic) bond motifs is 3. The van der Waals surface area contributed by atoms with Gasteiger partial charge in [0.05, 0.1) is 12.1 Å². The second-order valence-electron chi connectivity index (χ2n) is 8.61. The molecule has 4 atom stereocenters. The van der Waals surface area contributed by atoms with E-state index in [4.69, 9.17) is 0 Å². The molecular formula is C22H22BrN3O3. The van der Waals surface area contributed by atoms with Gasteiger partial charge in [0.25, 0.3) is 0 Å². The van der Waals surface area contributed by atoms with Crippen molar-refractivity contribution >= 4 is 27.9 Å². The van der Waals surface area contributed by atoms with Crippen LogP contribution < -0.4 is 0 Å². The highest BCUT2D eigenvalue weighted by molar-refractivity contribution is 9.10. The largest absolute Gasteiger partial charge is 0.297 e. The van der Waals surface area contributed by atoms with Crippen LogP contribution in [0, 0.1) is 15.5 Å². The summed E-state index contributed by atoms with van der Waals surface area (Å²) in [6.45, 7) is 5.55. The molecule has 2 aromatic rings. The second kappa shape index (κ2) is 7.06. The zero-order valence-corrected chi connectivity index (χ0v) is 18.0. The summed E-state index contributed by atoms with van der Waals surface area (Å²) in [7, 11) is 0. The van der Waals surface area contributed by atoms with Gasteiger partial charge < -0.3 is 0 Å². The van der Waals surface area contributed by atoms with E-state index in [1.165, 1.54) is 0 Å². The molecule has 1 fully saturated rings. The molecule has 150 valence electrons. The van der Waals surface area contributed by atoms with Crippen molar-refractivity contribution < 1.29 is 9.72 Å². The molecule has 1 saturated heterocycles. The van der Waals surface area contributed by atoms with Crippen LogP contribution in [0.15, 0.2) is 58.1 Å². The van der Waals surface area contributed by atoms with E-state index in [-0.39, 0.29) is 10.7 Å². The van der Waals surface area contributed by atoms with Crippen LogP contribution in [0.25, 0.3) is 0 Å². The van der Waals surface area contributed by atoms with E-state index < -0.39 is 29.5 Å². The fourth-order valence-electron chi connectivity index (χ4n) is 4.41. The van der Waals surface area contributed by atoms with Gasteiger partial charge in [0, 0.05) is 20.4 Å². The number of nitro groups is 1. The number of ketones is 1. The van der Waals surface area contributed by atoms with Gasteiger partial charge in [-0.25, -0.2) is 0 Å². The third-order valence-corrected chi connectivity index (χ3v) is 6.28. The average Bonchev–Trinajstić information content (AvgIpc) is 3.02. The molecule has 2 heterocycles. The van der Waals surface area contributed by atoms with Crippen LogP contribution in [0.5, 0.6) is 0 Å². The number of carbonyl (C=O) groups is 1. The van der Waals surface area contributed by atoms with E-state index in [0.29, 0.717) is 0 Å². The molecule has 0 aliphatic carbocycles. The summed E-state index contributed by atoms with van der Waals surface area (Å²) in [6, 6.07) is 12.7. The minimum Gasteiger partial charge on any atom is -0.297 e. The minimum absolute atomic E-state index is 0.0451. The third-order valence-electron chi connectivity index (χ3n) is 5.75. The quantitative estimate of drug-likeness (QED) is 0.501. The van der Waals surface area contributed by atoms with Crippen molar-refractivity contribution in [3.63, 3.8) is 0 Å². The summed E-state index contributed by atoms with van der Waals surface area (Å²) in [5.41, 5.74) is 1.83. The maximum atomic E-state index is 13.5. The molecule has 2 aliphatic heterocycles. The molecule has 2 aliphatic rings. The van der Waals surface area contributed by atoms with Gasteiger partial charge in [0.2, 0.25) is 6.04 Å². The Labute approximate surface area is 177 Å². The van der Waals surface area contributed by atoms with Crippen LogP contribution in [0.2, 0.25) is 0 Å². The summed E-state index contributed by atoms with van der Waals surface area (Å²) in [4.78, 5) is 25.6. The van der Waals surface area contributed by atoms with Gasteiger partial charge in [-0.3, -0.25) is 19.9 Å². The Bertz CT molecular complexity index is 997. The van der Waals surface area contributed by atoms with E-state index in [1.54, 1.807) is 11.2 Å². The van der Waals surface area contributed by atoms with Crippen molar-refractivity contribution in [3.8, 4) is 0 Å². The minimum atomic E-state index is -0.980. The normalized spacial score (nSPS) is 25.4. The molecule has 0 saturated carbocycles. The van der Waals surface area contributed by atoms with Crippen LogP contribution >= 0.6 is 15.9 Å². The van der Waals surface area contributed by atoms with Gasteiger partial charge >= 0.3 is 0 Å². The zero-order chi connectivity index (χ0) is 20.9. The van der Waals surface area contributed by atoms with Crippen molar-refractivity contribution in [1.29, 1.82) is 0 Å². The highest BCUT2D eigenvalue weighted by Crippen LogP contribution is 2.50. The molecular weight excluding hydrogens is 434 g/mol. The van der Waals surface area contributed by atoms with Gasteiger partial charge in [-0.1, -0.05) is 73.1 Å². The molecule has 29 heavy (non-hydrogen) atoms. The fraction of sp³-hybridized carbons (Fsp3) is 0.364. The van der Waals surface area contributed by atoms with Gasteiger partial charge in [0.1, 0.15) is 12.1 Å². The number of hydrazone groups is 1. The van der Waals surface area contributed by atoms with Gasteiger partial charge in [-0.15, -0.1) is 0 Å². The van der Waals surface area contributed by atoms with Gasteiger partial charge in [0.15, 0.2) is 5.78 Å². The SMILES string of the molecule is CC(C)(C)C(=O)C1C(c2ccc(Br)cc2)C([N+](=O)[O-])C2c3ccccc3C=NN12. The lowest BCUT2D eigenvalue weighted by molar-refractivity contribution is -0.529. The van der Waals surface area contributed by atoms with E-state index in [2.05, 4.69) is 21.0 Å². The first kappa shape index (κ1) is 19.8. The molecule has 0 spiro atoms. The number of hydrogen-bond donors (Lipinski definition) is 0. The first-order valence-electron chi connectivity index (χ1n) is 9.54. The van der Waals surface area contributed by atoms with E-state index >= 15 is 0 Å². The molecule has 7 heteroatoms. The Morgan fingerprint density at radius 2 is 1.79 bits per heavy atom. The summed E-state index contributed by atoms with van der Waals surface area (Å²) >= 11 is 3.42. The summed E-state index contributed by atoms with van der Waals surface area (Å²) < 4.78 is 0.886. The number of hydrogen-bond acceptors (Lipinski definition) is 5. The lowest BCUT2D eigenvalue weighted by Crippen LogP contribution is -2.43. The Morgan fingerprint density at radius 3 is 2.41 bits per heavy atom. The van der Waals surface area contributed by atoms with Gasteiger partial charge in [-0.05, 0) is 23.3 Å². The monoisotopic (exact) mass is 455 g/mol. The van der Waals surface area contributed by atoms with Gasteiger partial charge in [-0.2, -0.15) is 5.10 Å². The highest BCUT2D eigenvalue weighted by Gasteiger charge is 2.61. The van der Waals surface area contributed by atoms with Crippen molar-refractivity contribution in [2.24, 2.45) is 10.5 Å². The number of nitrogens with zero attached hydrogens (tertiary/aromatic N) is 3. The standard InChI is InChI=1S/C22H22BrN3O3/c1-22(2,3)21(27)20-17(13-8-10-15(23)11-9-13)19(26(28)29)18-16-7-5-4-6-14(16)12-24-25(18)20/h4-12,17-20H,1-3H3. The fourth-order valence-corrected chi connectivity index (χ4v) is 4.68. The first-order valence-corrected chi connectivity index (χ1v) is 10.3. The van der Waals surface area contributed by atoms with Crippen LogP contribution in [-0.4, -0.2) is 34.0 Å². The average molecular weight is 456 g/mol. The molecule has 0 amide bonds. The summed E-state index contributed by atoms with van der Waals surface area (Å²) in [6.07, 6.45) is 1.70. The van der Waals surface area contributed by atoms with E-state index in [1.807, 2.05) is 69.3 Å². The highest BCUT2D eigenvalue weighted by atomic mass is 79.9. The first-order chi connectivity index (χ1) is 13.7. The zero-order valence-electron chi connectivity index (χ0n) is 16.4. The number of halogens is 1. The summed E-state index contributed by atoms with van der Waals surface area (Å²) in [5.74, 6) is -0.644. The van der Waals surface area contributed by atoms with Crippen molar-refractivity contribution in [2.75, 3.05) is 0 Å². The predicted octanol–water partition coefficient (Wildman–Crippen LogP) is 4.57. The van der Waals surface area contributed by atoms with Crippen LogP contribution in [0.3, 0.4) is 0 Å². The number of carbonyl (C=O) groups excluding carboxylic acids is 1. The Hall–Kier alpha value is -2.54. The molecule has 0 aromatic heterocycles. The maximum absolute atomic E-state index is 13.5. The Kier molecular flexibility index (Phi) is 4.81. The molecule has 2 aromatic carbocycles. The molecule has 4 rings (SSSR count). The lowest BCUT2D eigenvalue weighted by atomic mass is 9.78. The second-order valence-corrected chi connectivity index (χ2v) is 9.53. The third kappa shape index (κ3) is 3.27. The van der Waals surface area contributed by atoms with Crippen LogP contribution in [-0.2, 0) is 4.79 Å². The van der Waals surface area contributed by atoms with Crippen molar-refractivity contribution in [2.45, 2.75) is 44.8 Å². The maximum Gasteiger partial charge on any atom is 0.248 e. The van der Waals surface area contributed by atoms with Crippen LogP contribution in [0.1, 0.15) is 49.4 Å². The van der Waals surface area contributed by atoms with E-state index in [9.17, 15) is 14.9 Å². The topological polar surface area (TPSA) is 75.8 Å². The lowest BCUT2D eigenvalue weighted by Gasteiger charge is -2.33. The van der Waals surface area contributed by atoms with E-state index in [0.717, 1.165) is 21.2 Å². The number of rotatable bonds is 3. The molecule has 0 N–H and O–H groups in total. The number of benzene rings is 2. The van der Waals surface area contributed by atoms with Crippen LogP contribution in [0.4, 0.5) is 0 Å². The Morgan fingerprint density at radius 1 is 1.14 bits per heavy atom. The van der Waals surface area contributed by atoms with Crippen molar-refractivity contribution in [3.05, 3.63) is 79.8 Å². The summed E-state index contributed by atoms with van der Waals surface area (Å²) in [5, 5.41) is 18.6. The van der Waals surface area contributed by atoms with Crippen molar-refractivity contribution in [1.82, 2.24) is 5.01 Å². The molecule has 0 bridgehead atoms.